The molecule has 11 atom stereocenters. The zero-order chi connectivity index (χ0) is 31.0. The number of phenolic OH excluding ortho intramolecular Hbond substituents is 1. The molecule has 43 heavy (non-hydrogen) atoms. The summed E-state index contributed by atoms with van der Waals surface area (Å²) in [6.45, 7) is 2.12. The van der Waals surface area contributed by atoms with Gasteiger partial charge in [0.15, 0.2) is 18.2 Å². The number of carbonyl (C=O) groups is 2. The molecular weight excluding hydrogens is 572 g/mol. The highest BCUT2D eigenvalue weighted by molar-refractivity contribution is 6.02. The molecule has 0 radical (unpaired) electrons. The number of Topliss-reactive ketones (excluding diaryl/α,β-unsaturated/α-hetero) is 1. The number of ether oxygens (including phenoxy) is 6. The maximum atomic E-state index is 12.9. The first-order valence-corrected chi connectivity index (χ1v) is 13.7. The number of esters is 1. The van der Waals surface area contributed by atoms with Crippen LogP contribution in [0.25, 0.3) is 0 Å². The highest BCUT2D eigenvalue weighted by atomic mass is 16.8. The van der Waals surface area contributed by atoms with Gasteiger partial charge in [-0.1, -0.05) is 30.3 Å². The van der Waals surface area contributed by atoms with Gasteiger partial charge in [-0.2, -0.15) is 0 Å². The number of aliphatic hydroxyl groups excluding tert-OH is 5. The van der Waals surface area contributed by atoms with Crippen molar-refractivity contribution in [2.24, 2.45) is 0 Å². The minimum absolute atomic E-state index is 0.00295. The van der Waals surface area contributed by atoms with Crippen molar-refractivity contribution in [3.8, 4) is 17.2 Å². The number of hydrogen-bond acceptors (Lipinski definition) is 14. The number of aromatic hydroxyl groups is 1. The number of fused-ring (bicyclic) bond motifs is 1. The van der Waals surface area contributed by atoms with Crippen molar-refractivity contribution >= 4 is 11.8 Å². The van der Waals surface area contributed by atoms with Gasteiger partial charge in [-0.15, -0.1) is 0 Å². The van der Waals surface area contributed by atoms with Crippen molar-refractivity contribution in [1.29, 1.82) is 0 Å². The van der Waals surface area contributed by atoms with Crippen LogP contribution in [0.3, 0.4) is 0 Å². The summed E-state index contributed by atoms with van der Waals surface area (Å²) in [5, 5.41) is 63.2. The van der Waals surface area contributed by atoms with Crippen LogP contribution in [0.15, 0.2) is 42.5 Å². The summed E-state index contributed by atoms with van der Waals surface area (Å²) in [7, 11) is 0. The van der Waals surface area contributed by atoms with Crippen LogP contribution < -0.4 is 9.47 Å². The molecule has 11 unspecified atom stereocenters. The summed E-state index contributed by atoms with van der Waals surface area (Å²) in [4.78, 5) is 24.3. The van der Waals surface area contributed by atoms with Crippen molar-refractivity contribution in [2.75, 3.05) is 6.61 Å². The lowest BCUT2D eigenvalue weighted by molar-refractivity contribution is -0.354. The van der Waals surface area contributed by atoms with E-state index in [-0.39, 0.29) is 29.3 Å². The topological polar surface area (TPSA) is 211 Å². The van der Waals surface area contributed by atoms with E-state index in [1.807, 2.05) is 6.07 Å². The first-order chi connectivity index (χ1) is 20.4. The lowest BCUT2D eigenvalue weighted by Crippen LogP contribution is -2.64. The molecule has 0 aromatic heterocycles. The van der Waals surface area contributed by atoms with E-state index in [0.29, 0.717) is 0 Å². The van der Waals surface area contributed by atoms with E-state index >= 15 is 0 Å². The van der Waals surface area contributed by atoms with Crippen LogP contribution >= 0.6 is 0 Å². The molecule has 6 N–H and O–H groups in total. The SMILES string of the molecule is CC(=O)OCC1OC(Oc2cc(O)c3c(c2)OC(c2ccccc2)CC3=O)C(OC2OC(C)C(O)C(O)C2O)C(O)C1O. The van der Waals surface area contributed by atoms with Gasteiger partial charge in [-0.25, -0.2) is 0 Å². The lowest BCUT2D eigenvalue weighted by atomic mass is 9.95. The highest BCUT2D eigenvalue weighted by Gasteiger charge is 2.51. The van der Waals surface area contributed by atoms with Crippen molar-refractivity contribution in [2.45, 2.75) is 87.8 Å². The molecular formula is C29H34O14. The third kappa shape index (κ3) is 6.46. The maximum absolute atomic E-state index is 12.9. The second-order valence-corrected chi connectivity index (χ2v) is 10.7. The van der Waals surface area contributed by atoms with Crippen molar-refractivity contribution < 1.29 is 68.6 Å². The molecule has 234 valence electrons. The van der Waals surface area contributed by atoms with Gasteiger partial charge in [0.05, 0.1) is 12.5 Å². The standard InChI is InChI=1S/C29H34O14/c1-12-22(33)24(35)26(37)28(39-12)43-27-25(36)23(34)20(11-38-13(2)30)42-29(27)40-15-8-16(31)21-17(32)10-18(41-19(21)9-15)14-6-4-3-5-7-14/h3-9,12,18,20,22-29,31,33-37H,10-11H2,1-2H3. The first kappa shape index (κ1) is 31.1. The Labute approximate surface area is 245 Å². The van der Waals surface area contributed by atoms with E-state index in [1.54, 1.807) is 24.3 Å². The van der Waals surface area contributed by atoms with Gasteiger partial charge >= 0.3 is 5.97 Å². The fourth-order valence-corrected chi connectivity index (χ4v) is 5.23. The minimum atomic E-state index is -1.76. The maximum Gasteiger partial charge on any atom is 0.302 e. The van der Waals surface area contributed by atoms with Crippen LogP contribution in [0, 0.1) is 0 Å². The molecule has 0 amide bonds. The molecule has 0 saturated carbocycles. The average molecular weight is 607 g/mol. The van der Waals surface area contributed by atoms with Crippen LogP contribution in [0.4, 0.5) is 0 Å². The van der Waals surface area contributed by atoms with Crippen LogP contribution in [-0.2, 0) is 23.7 Å². The van der Waals surface area contributed by atoms with Crippen LogP contribution in [0.5, 0.6) is 17.2 Å². The summed E-state index contributed by atoms with van der Waals surface area (Å²) in [5.74, 6) is -1.52. The predicted octanol–water partition coefficient (Wildman–Crippen LogP) is -0.300. The van der Waals surface area contributed by atoms with Crippen LogP contribution in [0.2, 0.25) is 0 Å². The molecule has 2 aromatic rings. The normalized spacial score (nSPS) is 35.9. The van der Waals surface area contributed by atoms with Gasteiger partial charge in [-0.05, 0) is 12.5 Å². The van der Waals surface area contributed by atoms with Gasteiger partial charge in [0, 0.05) is 19.1 Å². The second kappa shape index (κ2) is 12.7. The van der Waals surface area contributed by atoms with Gasteiger partial charge in [-0.3, -0.25) is 9.59 Å². The number of rotatable bonds is 7. The van der Waals surface area contributed by atoms with E-state index in [4.69, 9.17) is 28.4 Å². The Morgan fingerprint density at radius 2 is 1.65 bits per heavy atom. The van der Waals surface area contributed by atoms with E-state index in [9.17, 15) is 40.2 Å². The lowest BCUT2D eigenvalue weighted by Gasteiger charge is -2.45. The molecule has 3 aliphatic rings. The van der Waals surface area contributed by atoms with Gasteiger partial charge in [0.1, 0.15) is 72.1 Å². The molecule has 2 aromatic carbocycles. The Kier molecular flexibility index (Phi) is 9.20. The molecule has 3 aliphatic heterocycles. The number of phenols is 1. The number of hydrogen-bond donors (Lipinski definition) is 6. The Balaban J connectivity index is 1.43. The smallest absolute Gasteiger partial charge is 0.302 e. The van der Waals surface area contributed by atoms with E-state index in [2.05, 4.69) is 0 Å². The minimum Gasteiger partial charge on any atom is -0.507 e. The second-order valence-electron chi connectivity index (χ2n) is 10.7. The molecule has 0 spiro atoms. The number of aliphatic hydroxyl groups is 5. The Hall–Kier alpha value is -3.34. The van der Waals surface area contributed by atoms with Crippen molar-refractivity contribution in [3.05, 3.63) is 53.6 Å². The molecule has 0 aliphatic carbocycles. The largest absolute Gasteiger partial charge is 0.507 e. The van der Waals surface area contributed by atoms with Gasteiger partial charge in [0.2, 0.25) is 6.29 Å². The monoisotopic (exact) mass is 606 g/mol. The van der Waals surface area contributed by atoms with Crippen LogP contribution in [0.1, 0.15) is 42.3 Å². The molecule has 14 nitrogen and oxygen atoms in total. The van der Waals surface area contributed by atoms with E-state index in [0.717, 1.165) is 18.6 Å². The van der Waals surface area contributed by atoms with Crippen molar-refractivity contribution in [1.82, 2.24) is 0 Å². The highest BCUT2D eigenvalue weighted by Crippen LogP contribution is 2.42. The third-order valence-corrected chi connectivity index (χ3v) is 7.59. The van der Waals surface area contributed by atoms with Gasteiger partial charge in [0.25, 0.3) is 0 Å². The fraction of sp³-hybridized carbons (Fsp3) is 0.517. The summed E-state index contributed by atoms with van der Waals surface area (Å²) < 4.78 is 34.0. The number of benzene rings is 2. The summed E-state index contributed by atoms with van der Waals surface area (Å²) in [6, 6.07) is 11.5. The zero-order valence-corrected chi connectivity index (χ0v) is 23.3. The summed E-state index contributed by atoms with van der Waals surface area (Å²) in [5.41, 5.74) is 0.703. The Bertz CT molecular complexity index is 1300. The Morgan fingerprint density at radius 3 is 2.35 bits per heavy atom. The first-order valence-electron chi connectivity index (χ1n) is 13.7. The van der Waals surface area contributed by atoms with Crippen molar-refractivity contribution in [3.63, 3.8) is 0 Å². The Morgan fingerprint density at radius 1 is 0.930 bits per heavy atom. The van der Waals surface area contributed by atoms with E-state index < -0.39 is 85.8 Å². The molecule has 2 saturated heterocycles. The molecule has 3 heterocycles. The summed E-state index contributed by atoms with van der Waals surface area (Å²) >= 11 is 0. The van der Waals surface area contributed by atoms with E-state index in [1.165, 1.54) is 13.0 Å². The number of ketones is 1. The zero-order valence-electron chi connectivity index (χ0n) is 23.3. The van der Waals surface area contributed by atoms with Crippen LogP contribution in [-0.4, -0.2) is 110 Å². The molecule has 2 fully saturated rings. The predicted molar refractivity (Wildman–Crippen MR) is 142 cm³/mol. The molecule has 5 rings (SSSR count). The average Bonchev–Trinajstić information content (AvgIpc) is 2.97. The third-order valence-electron chi connectivity index (χ3n) is 7.59. The molecule has 14 heteroatoms. The summed E-state index contributed by atoms with van der Waals surface area (Å²) in [6.07, 6.45) is -15.9. The number of carbonyl (C=O) groups excluding carboxylic acids is 2. The molecule has 0 bridgehead atoms. The quantitative estimate of drug-likeness (QED) is 0.224. The fourth-order valence-electron chi connectivity index (χ4n) is 5.23. The van der Waals surface area contributed by atoms with Gasteiger partial charge < -0.3 is 59.1 Å².